The van der Waals surface area contributed by atoms with Crippen LogP contribution in [0, 0.1) is 0 Å². The first-order valence-corrected chi connectivity index (χ1v) is 10.1. The Morgan fingerprint density at radius 2 is 1.54 bits per heavy atom. The van der Waals surface area contributed by atoms with Crippen molar-refractivity contribution in [3.63, 3.8) is 0 Å². The molecule has 1 saturated carbocycles. The molecule has 0 aromatic heterocycles. The van der Waals surface area contributed by atoms with Crippen LogP contribution in [0.1, 0.15) is 44.1 Å². The second kappa shape index (κ2) is 10.0. The molecule has 2 N–H and O–H groups in total. The molecule has 5 heteroatoms. The number of methoxy groups -OCH3 is 2. The van der Waals surface area contributed by atoms with Crippen molar-refractivity contribution in [3.05, 3.63) is 48.0 Å². The fourth-order valence-corrected chi connectivity index (χ4v) is 3.69. The summed E-state index contributed by atoms with van der Waals surface area (Å²) in [5, 5.41) is 6.58. The largest absolute Gasteiger partial charge is 0.493 e. The summed E-state index contributed by atoms with van der Waals surface area (Å²) in [5.74, 6) is 1.22. The molecule has 5 nitrogen and oxygen atoms in total. The molecule has 1 amide bonds. The number of hydrogen-bond acceptors (Lipinski definition) is 4. The highest BCUT2D eigenvalue weighted by Gasteiger charge is 2.12. The maximum atomic E-state index is 12.4. The zero-order valence-electron chi connectivity index (χ0n) is 16.8. The highest BCUT2D eigenvalue weighted by molar-refractivity contribution is 5.92. The first kappa shape index (κ1) is 20.1. The summed E-state index contributed by atoms with van der Waals surface area (Å²) in [6.07, 6.45) is 8.08. The van der Waals surface area contributed by atoms with Crippen molar-refractivity contribution in [2.45, 2.75) is 51.0 Å². The quantitative estimate of drug-likeness (QED) is 0.660. The molecule has 0 saturated heterocycles. The van der Waals surface area contributed by atoms with Gasteiger partial charge >= 0.3 is 0 Å². The van der Waals surface area contributed by atoms with Gasteiger partial charge in [-0.25, -0.2) is 0 Å². The van der Waals surface area contributed by atoms with E-state index in [1.54, 1.807) is 14.2 Å². The van der Waals surface area contributed by atoms with Crippen LogP contribution in [-0.4, -0.2) is 26.2 Å². The molecule has 1 aliphatic carbocycles. The van der Waals surface area contributed by atoms with Crippen LogP contribution < -0.4 is 20.1 Å². The molecule has 150 valence electrons. The number of carbonyl (C=O) groups is 1. The molecule has 28 heavy (non-hydrogen) atoms. The van der Waals surface area contributed by atoms with Gasteiger partial charge in [0.15, 0.2) is 11.5 Å². The second-order valence-electron chi connectivity index (χ2n) is 7.32. The molecule has 0 radical (unpaired) electrons. The first-order chi connectivity index (χ1) is 13.7. The number of carbonyl (C=O) groups excluding carboxylic acids is 1. The molecule has 1 fully saturated rings. The molecule has 0 unspecified atom stereocenters. The van der Waals surface area contributed by atoms with E-state index in [1.807, 2.05) is 42.5 Å². The summed E-state index contributed by atoms with van der Waals surface area (Å²) in [5.41, 5.74) is 2.79. The number of nitrogens with one attached hydrogen (secondary N) is 2. The molecule has 0 atom stereocenters. The van der Waals surface area contributed by atoms with Crippen LogP contribution in [0.25, 0.3) is 0 Å². The van der Waals surface area contributed by atoms with E-state index in [9.17, 15) is 4.79 Å². The van der Waals surface area contributed by atoms with E-state index in [0.717, 1.165) is 16.9 Å². The molecule has 0 bridgehead atoms. The van der Waals surface area contributed by atoms with Gasteiger partial charge in [-0.2, -0.15) is 0 Å². The third kappa shape index (κ3) is 5.65. The van der Waals surface area contributed by atoms with Gasteiger partial charge in [-0.15, -0.1) is 0 Å². The summed E-state index contributed by atoms with van der Waals surface area (Å²) >= 11 is 0. The van der Waals surface area contributed by atoms with E-state index >= 15 is 0 Å². The summed E-state index contributed by atoms with van der Waals surface area (Å²) < 4.78 is 10.5. The lowest BCUT2D eigenvalue weighted by molar-refractivity contribution is -0.115. The zero-order chi connectivity index (χ0) is 19.8. The first-order valence-electron chi connectivity index (χ1n) is 10.1. The van der Waals surface area contributed by atoms with Crippen LogP contribution in [0.15, 0.2) is 42.5 Å². The minimum absolute atomic E-state index is 0.0586. The Kier molecular flexibility index (Phi) is 7.18. The number of amides is 1. The van der Waals surface area contributed by atoms with E-state index in [1.165, 1.54) is 38.5 Å². The highest BCUT2D eigenvalue weighted by Crippen LogP contribution is 2.28. The maximum Gasteiger partial charge on any atom is 0.228 e. The van der Waals surface area contributed by atoms with Crippen molar-refractivity contribution >= 4 is 17.3 Å². The second-order valence-corrected chi connectivity index (χ2v) is 7.32. The average molecular weight is 383 g/mol. The molecular formula is C23H30N2O3. The van der Waals surface area contributed by atoms with Gasteiger partial charge in [0.1, 0.15) is 0 Å². The number of hydrogen-bond donors (Lipinski definition) is 2. The van der Waals surface area contributed by atoms with Gasteiger partial charge in [-0.05, 0) is 54.8 Å². The van der Waals surface area contributed by atoms with Gasteiger partial charge in [-0.3, -0.25) is 4.79 Å². The Hall–Kier alpha value is -2.69. The van der Waals surface area contributed by atoms with Crippen LogP contribution >= 0.6 is 0 Å². The topological polar surface area (TPSA) is 59.6 Å². The lowest BCUT2D eigenvalue weighted by Gasteiger charge is -2.18. The maximum absolute atomic E-state index is 12.4. The Labute approximate surface area is 167 Å². The molecule has 0 aliphatic heterocycles. The minimum Gasteiger partial charge on any atom is -0.493 e. The Bertz CT molecular complexity index is 766. The number of benzene rings is 2. The number of anilines is 2. The molecule has 1 aliphatic rings. The third-order valence-corrected chi connectivity index (χ3v) is 5.21. The predicted octanol–water partition coefficient (Wildman–Crippen LogP) is 5.02. The summed E-state index contributed by atoms with van der Waals surface area (Å²) in [6.45, 7) is 0. The Morgan fingerprint density at radius 3 is 2.18 bits per heavy atom. The number of ether oxygens (including phenoxy) is 2. The van der Waals surface area contributed by atoms with Crippen LogP contribution in [-0.2, 0) is 11.2 Å². The third-order valence-electron chi connectivity index (χ3n) is 5.21. The lowest BCUT2D eigenvalue weighted by Crippen LogP contribution is -2.18. The van der Waals surface area contributed by atoms with Gasteiger partial charge in [0.2, 0.25) is 5.91 Å². The monoisotopic (exact) mass is 382 g/mol. The van der Waals surface area contributed by atoms with Crippen molar-refractivity contribution in [1.29, 1.82) is 0 Å². The SMILES string of the molecule is COc1ccc(CC(=O)Nc2ccc(NC3CCCCCC3)cc2)cc1OC. The van der Waals surface area contributed by atoms with E-state index < -0.39 is 0 Å². The fourth-order valence-electron chi connectivity index (χ4n) is 3.69. The number of rotatable bonds is 7. The van der Waals surface area contributed by atoms with Crippen molar-refractivity contribution in [3.8, 4) is 11.5 Å². The zero-order valence-corrected chi connectivity index (χ0v) is 16.8. The standard InChI is InChI=1S/C23H30N2O3/c1-27-21-14-9-17(15-22(21)28-2)16-23(26)25-20-12-10-19(11-13-20)24-18-7-5-3-4-6-8-18/h9-15,18,24H,3-8,16H2,1-2H3,(H,25,26). The van der Waals surface area contributed by atoms with Crippen molar-refractivity contribution in [2.75, 3.05) is 24.9 Å². The van der Waals surface area contributed by atoms with Crippen LogP contribution in [0.3, 0.4) is 0 Å². The lowest BCUT2D eigenvalue weighted by atomic mass is 10.1. The van der Waals surface area contributed by atoms with Gasteiger partial charge in [-0.1, -0.05) is 31.7 Å². The predicted molar refractivity (Wildman–Crippen MR) is 113 cm³/mol. The van der Waals surface area contributed by atoms with Crippen molar-refractivity contribution in [1.82, 2.24) is 0 Å². The van der Waals surface area contributed by atoms with E-state index in [0.29, 0.717) is 17.5 Å². The van der Waals surface area contributed by atoms with Gasteiger partial charge in [0.25, 0.3) is 0 Å². The molecule has 0 heterocycles. The average Bonchev–Trinajstić information content (AvgIpc) is 2.98. The van der Waals surface area contributed by atoms with Gasteiger partial charge < -0.3 is 20.1 Å². The Morgan fingerprint density at radius 1 is 0.893 bits per heavy atom. The van der Waals surface area contributed by atoms with Crippen LogP contribution in [0.4, 0.5) is 11.4 Å². The summed E-state index contributed by atoms with van der Waals surface area (Å²) in [6, 6.07) is 14.1. The molecule has 0 spiro atoms. The smallest absolute Gasteiger partial charge is 0.228 e. The van der Waals surface area contributed by atoms with Gasteiger partial charge in [0.05, 0.1) is 20.6 Å². The summed E-state index contributed by atoms with van der Waals surface area (Å²) in [7, 11) is 3.19. The van der Waals surface area contributed by atoms with Crippen LogP contribution in [0.2, 0.25) is 0 Å². The van der Waals surface area contributed by atoms with Crippen molar-refractivity contribution < 1.29 is 14.3 Å². The fraction of sp³-hybridized carbons (Fsp3) is 0.435. The van der Waals surface area contributed by atoms with Gasteiger partial charge in [0, 0.05) is 17.4 Å². The van der Waals surface area contributed by atoms with E-state index in [2.05, 4.69) is 10.6 Å². The molecule has 2 aromatic carbocycles. The Balaban J connectivity index is 1.54. The summed E-state index contributed by atoms with van der Waals surface area (Å²) in [4.78, 5) is 12.4. The minimum atomic E-state index is -0.0586. The van der Waals surface area contributed by atoms with E-state index in [4.69, 9.17) is 9.47 Å². The normalized spacial score (nSPS) is 14.8. The van der Waals surface area contributed by atoms with Crippen LogP contribution in [0.5, 0.6) is 11.5 Å². The molecule has 2 aromatic rings. The van der Waals surface area contributed by atoms with Crippen molar-refractivity contribution in [2.24, 2.45) is 0 Å². The molecule has 3 rings (SSSR count). The highest BCUT2D eigenvalue weighted by atomic mass is 16.5. The van der Waals surface area contributed by atoms with E-state index in [-0.39, 0.29) is 12.3 Å². The molecular weight excluding hydrogens is 352 g/mol.